The van der Waals surface area contributed by atoms with Gasteiger partial charge in [-0.2, -0.15) is 0 Å². The third kappa shape index (κ3) is 5.91. The summed E-state index contributed by atoms with van der Waals surface area (Å²) >= 11 is 0. The molecule has 0 aromatic heterocycles. The first-order valence-corrected chi connectivity index (χ1v) is 6.83. The van der Waals surface area contributed by atoms with Gasteiger partial charge in [-0.25, -0.2) is 4.79 Å². The van der Waals surface area contributed by atoms with Crippen LogP contribution in [-0.4, -0.2) is 30.7 Å². The summed E-state index contributed by atoms with van der Waals surface area (Å²) in [6.45, 7) is 7.96. The van der Waals surface area contributed by atoms with E-state index in [-0.39, 0.29) is 11.6 Å². The second-order valence-electron chi connectivity index (χ2n) is 5.57. The number of rotatable bonds is 4. The fraction of sp³-hybridized carbons (Fsp3) is 0.923. The zero-order valence-electron chi connectivity index (χ0n) is 11.4. The van der Waals surface area contributed by atoms with Crippen LogP contribution in [-0.2, 0) is 0 Å². The van der Waals surface area contributed by atoms with E-state index in [1.54, 1.807) is 0 Å². The van der Waals surface area contributed by atoms with Crippen molar-refractivity contribution in [1.29, 1.82) is 0 Å². The fourth-order valence-electron chi connectivity index (χ4n) is 1.93. The molecule has 1 fully saturated rings. The third-order valence-electron chi connectivity index (χ3n) is 3.51. The number of hydrogen-bond donors (Lipinski definition) is 3. The van der Waals surface area contributed by atoms with Crippen LogP contribution in [0.5, 0.6) is 0 Å². The van der Waals surface area contributed by atoms with E-state index < -0.39 is 0 Å². The number of carbonyl (C=O) groups excluding carboxylic acids is 1. The summed E-state index contributed by atoms with van der Waals surface area (Å²) in [5.74, 6) is 0. The molecule has 100 valence electrons. The Labute approximate surface area is 105 Å². The highest BCUT2D eigenvalue weighted by atomic mass is 16.2. The van der Waals surface area contributed by atoms with Crippen LogP contribution < -0.4 is 16.0 Å². The molecule has 0 aliphatic carbocycles. The van der Waals surface area contributed by atoms with E-state index >= 15 is 0 Å². The third-order valence-corrected chi connectivity index (χ3v) is 3.51. The van der Waals surface area contributed by atoms with Gasteiger partial charge in [0, 0.05) is 18.1 Å². The van der Waals surface area contributed by atoms with E-state index in [1.807, 2.05) is 13.8 Å². The summed E-state index contributed by atoms with van der Waals surface area (Å²) in [6, 6.07) is 0.385. The highest BCUT2D eigenvalue weighted by Crippen LogP contribution is 2.08. The van der Waals surface area contributed by atoms with Gasteiger partial charge in [0.15, 0.2) is 0 Å². The molecular weight excluding hydrogens is 214 g/mol. The van der Waals surface area contributed by atoms with Crippen LogP contribution >= 0.6 is 0 Å². The van der Waals surface area contributed by atoms with Crippen molar-refractivity contribution >= 4 is 6.03 Å². The van der Waals surface area contributed by atoms with Crippen LogP contribution in [0, 0.1) is 0 Å². The molecule has 0 aromatic carbocycles. The van der Waals surface area contributed by atoms with Crippen molar-refractivity contribution in [1.82, 2.24) is 16.0 Å². The van der Waals surface area contributed by atoms with Crippen LogP contribution in [0.1, 0.15) is 52.9 Å². The lowest BCUT2D eigenvalue weighted by atomic mass is 10.0. The number of nitrogens with one attached hydrogen (secondary N) is 3. The molecule has 1 rings (SSSR count). The van der Waals surface area contributed by atoms with E-state index in [2.05, 4.69) is 22.9 Å². The Morgan fingerprint density at radius 1 is 1.35 bits per heavy atom. The molecule has 0 bridgehead atoms. The summed E-state index contributed by atoms with van der Waals surface area (Å²) < 4.78 is 0. The fourth-order valence-corrected chi connectivity index (χ4v) is 1.93. The molecule has 2 amide bonds. The summed E-state index contributed by atoms with van der Waals surface area (Å²) in [5.41, 5.74) is -0.124. The molecule has 1 aliphatic rings. The second kappa shape index (κ2) is 6.84. The van der Waals surface area contributed by atoms with E-state index in [9.17, 15) is 4.79 Å². The Balaban J connectivity index is 2.22. The Hall–Kier alpha value is -0.770. The van der Waals surface area contributed by atoms with Crippen molar-refractivity contribution in [2.24, 2.45) is 0 Å². The van der Waals surface area contributed by atoms with Crippen LogP contribution in [0.25, 0.3) is 0 Å². The maximum absolute atomic E-state index is 11.7. The van der Waals surface area contributed by atoms with Gasteiger partial charge < -0.3 is 16.0 Å². The molecule has 0 aromatic rings. The Kier molecular flexibility index (Phi) is 5.75. The normalized spacial score (nSPS) is 21.7. The van der Waals surface area contributed by atoms with Crippen LogP contribution in [0.15, 0.2) is 0 Å². The molecule has 4 heteroatoms. The number of amides is 2. The molecule has 1 unspecified atom stereocenters. The lowest BCUT2D eigenvalue weighted by Gasteiger charge is -2.25. The van der Waals surface area contributed by atoms with Crippen LogP contribution in [0.2, 0.25) is 0 Å². The lowest BCUT2D eigenvalue weighted by Crippen LogP contribution is -2.50. The average Bonchev–Trinajstić information content (AvgIpc) is 2.54. The maximum Gasteiger partial charge on any atom is 0.315 e. The molecule has 0 spiro atoms. The van der Waals surface area contributed by atoms with Gasteiger partial charge in [0.05, 0.1) is 0 Å². The average molecular weight is 241 g/mol. The molecule has 1 saturated heterocycles. The molecule has 0 saturated carbocycles. The smallest absolute Gasteiger partial charge is 0.315 e. The molecule has 0 radical (unpaired) electrons. The van der Waals surface area contributed by atoms with E-state index in [0.29, 0.717) is 6.04 Å². The first kappa shape index (κ1) is 14.3. The zero-order chi connectivity index (χ0) is 12.7. The zero-order valence-corrected chi connectivity index (χ0v) is 11.4. The van der Waals surface area contributed by atoms with E-state index in [4.69, 9.17) is 0 Å². The number of urea groups is 1. The molecule has 1 aliphatic heterocycles. The van der Waals surface area contributed by atoms with Crippen molar-refractivity contribution in [3.63, 3.8) is 0 Å². The van der Waals surface area contributed by atoms with E-state index in [1.165, 1.54) is 19.3 Å². The minimum absolute atomic E-state index is 0.0529. The standard InChI is InChI=1S/C13H27N3O/c1-4-13(2,3)16-12(17)15-10-11-8-6-5-7-9-14-11/h11,14H,4-10H2,1-3H3,(H2,15,16,17). The molecule has 17 heavy (non-hydrogen) atoms. The maximum atomic E-state index is 11.7. The molecule has 3 N–H and O–H groups in total. The Morgan fingerprint density at radius 2 is 2.12 bits per heavy atom. The topological polar surface area (TPSA) is 53.2 Å². The lowest BCUT2D eigenvalue weighted by molar-refractivity contribution is 0.227. The van der Waals surface area contributed by atoms with Crippen molar-refractivity contribution in [3.05, 3.63) is 0 Å². The van der Waals surface area contributed by atoms with Gasteiger partial charge in [0.25, 0.3) is 0 Å². The molecule has 4 nitrogen and oxygen atoms in total. The SMILES string of the molecule is CCC(C)(C)NC(=O)NCC1CCCCCN1. The van der Waals surface area contributed by atoms with Gasteiger partial charge in [-0.15, -0.1) is 0 Å². The predicted molar refractivity (Wildman–Crippen MR) is 71.2 cm³/mol. The van der Waals surface area contributed by atoms with Gasteiger partial charge >= 0.3 is 6.03 Å². The first-order chi connectivity index (χ1) is 8.03. The van der Waals surface area contributed by atoms with Gasteiger partial charge in [-0.3, -0.25) is 0 Å². The van der Waals surface area contributed by atoms with Crippen molar-refractivity contribution < 1.29 is 4.79 Å². The second-order valence-corrected chi connectivity index (χ2v) is 5.57. The predicted octanol–water partition coefficient (Wildman–Crippen LogP) is 2.01. The van der Waals surface area contributed by atoms with Gasteiger partial charge in [-0.1, -0.05) is 19.8 Å². The van der Waals surface area contributed by atoms with Crippen LogP contribution in [0.3, 0.4) is 0 Å². The molecule has 1 heterocycles. The van der Waals surface area contributed by atoms with Gasteiger partial charge in [-0.05, 0) is 39.7 Å². The number of carbonyl (C=O) groups is 1. The monoisotopic (exact) mass is 241 g/mol. The first-order valence-electron chi connectivity index (χ1n) is 6.83. The van der Waals surface area contributed by atoms with Crippen molar-refractivity contribution in [2.45, 2.75) is 64.5 Å². The number of hydrogen-bond acceptors (Lipinski definition) is 2. The highest BCUT2D eigenvalue weighted by molar-refractivity contribution is 5.74. The minimum atomic E-state index is -0.124. The Bertz CT molecular complexity index is 233. The van der Waals surface area contributed by atoms with Crippen molar-refractivity contribution in [2.75, 3.05) is 13.1 Å². The van der Waals surface area contributed by atoms with Crippen LogP contribution in [0.4, 0.5) is 4.79 Å². The summed E-state index contributed by atoms with van der Waals surface area (Å²) in [4.78, 5) is 11.7. The quantitative estimate of drug-likeness (QED) is 0.705. The van der Waals surface area contributed by atoms with Gasteiger partial charge in [0.2, 0.25) is 0 Å². The Morgan fingerprint density at radius 3 is 2.82 bits per heavy atom. The molecular formula is C13H27N3O. The van der Waals surface area contributed by atoms with Crippen molar-refractivity contribution in [3.8, 4) is 0 Å². The van der Waals surface area contributed by atoms with E-state index in [0.717, 1.165) is 25.9 Å². The van der Waals surface area contributed by atoms with Gasteiger partial charge in [0.1, 0.15) is 0 Å². The summed E-state index contributed by atoms with van der Waals surface area (Å²) in [6.07, 6.45) is 5.92. The largest absolute Gasteiger partial charge is 0.337 e. The minimum Gasteiger partial charge on any atom is -0.337 e. The summed E-state index contributed by atoms with van der Waals surface area (Å²) in [7, 11) is 0. The highest BCUT2D eigenvalue weighted by Gasteiger charge is 2.18. The summed E-state index contributed by atoms with van der Waals surface area (Å²) in [5, 5.41) is 9.41. The molecule has 1 atom stereocenters.